The molecule has 1 aromatic carbocycles. The van der Waals surface area contributed by atoms with Crippen molar-refractivity contribution in [2.24, 2.45) is 11.8 Å². The molecule has 0 amide bonds. The standard InChI is InChI=1S/C14H20Cl2N2O2S/c1-9-7-18(8-10(9)2)21(19,20)13-5-12(15)4-11(6-17-3)14(13)16/h4-5,9-10,17H,6-8H2,1-3H3. The highest BCUT2D eigenvalue weighted by atomic mass is 35.5. The molecule has 1 fully saturated rings. The zero-order valence-corrected chi connectivity index (χ0v) is 14.7. The van der Waals surface area contributed by atoms with E-state index in [-0.39, 0.29) is 9.92 Å². The molecule has 7 heteroatoms. The van der Waals surface area contributed by atoms with Gasteiger partial charge in [-0.25, -0.2) is 8.42 Å². The van der Waals surface area contributed by atoms with E-state index in [1.54, 1.807) is 13.1 Å². The van der Waals surface area contributed by atoms with E-state index in [0.29, 0.717) is 42.1 Å². The number of nitrogens with one attached hydrogen (secondary N) is 1. The van der Waals surface area contributed by atoms with Crippen molar-refractivity contribution in [3.05, 3.63) is 27.7 Å². The van der Waals surface area contributed by atoms with Gasteiger partial charge in [-0.05, 0) is 36.6 Å². The number of halogens is 2. The van der Waals surface area contributed by atoms with Gasteiger partial charge in [-0.15, -0.1) is 0 Å². The lowest BCUT2D eigenvalue weighted by Crippen LogP contribution is -2.29. The third-order valence-corrected chi connectivity index (χ3v) is 6.65. The molecule has 1 saturated heterocycles. The van der Waals surface area contributed by atoms with Crippen LogP contribution in [0.1, 0.15) is 19.4 Å². The van der Waals surface area contributed by atoms with Crippen LogP contribution in [0.25, 0.3) is 0 Å². The fourth-order valence-electron chi connectivity index (χ4n) is 2.54. The zero-order chi connectivity index (χ0) is 15.8. The third kappa shape index (κ3) is 3.37. The van der Waals surface area contributed by atoms with E-state index in [1.807, 2.05) is 0 Å². The fourth-order valence-corrected chi connectivity index (χ4v) is 5.09. The second-order valence-corrected chi connectivity index (χ2v) is 8.40. The lowest BCUT2D eigenvalue weighted by Gasteiger charge is -2.18. The summed E-state index contributed by atoms with van der Waals surface area (Å²) >= 11 is 12.3. The average molecular weight is 351 g/mol. The monoisotopic (exact) mass is 350 g/mol. The Morgan fingerprint density at radius 3 is 2.33 bits per heavy atom. The van der Waals surface area contributed by atoms with Crippen molar-refractivity contribution >= 4 is 33.2 Å². The van der Waals surface area contributed by atoms with Crippen molar-refractivity contribution in [3.8, 4) is 0 Å². The highest BCUT2D eigenvalue weighted by molar-refractivity contribution is 7.89. The molecule has 0 spiro atoms. The second kappa shape index (κ2) is 6.42. The van der Waals surface area contributed by atoms with Crippen LogP contribution < -0.4 is 5.32 Å². The fraction of sp³-hybridized carbons (Fsp3) is 0.571. The van der Waals surface area contributed by atoms with Gasteiger partial charge in [0.1, 0.15) is 4.90 Å². The number of hydrogen-bond acceptors (Lipinski definition) is 3. The molecule has 0 aromatic heterocycles. The minimum Gasteiger partial charge on any atom is -0.316 e. The molecule has 4 nitrogen and oxygen atoms in total. The van der Waals surface area contributed by atoms with E-state index < -0.39 is 10.0 Å². The first-order chi connectivity index (χ1) is 9.77. The van der Waals surface area contributed by atoms with E-state index in [0.717, 1.165) is 0 Å². The van der Waals surface area contributed by atoms with E-state index in [4.69, 9.17) is 23.2 Å². The van der Waals surface area contributed by atoms with Crippen LogP contribution in [0.4, 0.5) is 0 Å². The van der Waals surface area contributed by atoms with Crippen LogP contribution in [0, 0.1) is 11.8 Å². The van der Waals surface area contributed by atoms with Gasteiger partial charge in [0.2, 0.25) is 10.0 Å². The van der Waals surface area contributed by atoms with Crippen molar-refractivity contribution < 1.29 is 8.42 Å². The van der Waals surface area contributed by atoms with Crippen molar-refractivity contribution in [1.29, 1.82) is 0 Å². The Labute approximate surface area is 136 Å². The molecule has 0 radical (unpaired) electrons. The Morgan fingerprint density at radius 1 is 1.24 bits per heavy atom. The second-order valence-electron chi connectivity index (χ2n) is 5.68. The molecule has 1 aliphatic rings. The van der Waals surface area contributed by atoms with Crippen molar-refractivity contribution in [3.63, 3.8) is 0 Å². The minimum atomic E-state index is -3.61. The molecule has 1 aromatic rings. The molecule has 2 rings (SSSR count). The maximum atomic E-state index is 12.8. The Hall–Kier alpha value is -0.330. The van der Waals surface area contributed by atoms with Gasteiger partial charge in [0, 0.05) is 24.7 Å². The number of nitrogens with zero attached hydrogens (tertiary/aromatic N) is 1. The maximum Gasteiger partial charge on any atom is 0.244 e. The first kappa shape index (κ1) is 17.0. The Kier molecular flexibility index (Phi) is 5.21. The van der Waals surface area contributed by atoms with Crippen molar-refractivity contribution in [2.75, 3.05) is 20.1 Å². The van der Waals surface area contributed by atoms with Crippen LogP contribution in [0.5, 0.6) is 0 Å². The van der Waals surface area contributed by atoms with Crippen LogP contribution in [0.3, 0.4) is 0 Å². The van der Waals surface area contributed by atoms with Gasteiger partial charge in [0.05, 0.1) is 5.02 Å². The van der Waals surface area contributed by atoms with E-state index >= 15 is 0 Å². The summed E-state index contributed by atoms with van der Waals surface area (Å²) in [7, 11) is -1.84. The highest BCUT2D eigenvalue weighted by Crippen LogP contribution is 2.34. The van der Waals surface area contributed by atoms with E-state index in [9.17, 15) is 8.42 Å². The van der Waals surface area contributed by atoms with Gasteiger partial charge in [-0.3, -0.25) is 0 Å². The summed E-state index contributed by atoms with van der Waals surface area (Å²) < 4.78 is 27.1. The molecule has 1 N–H and O–H groups in total. The third-order valence-electron chi connectivity index (χ3n) is 4.02. The van der Waals surface area contributed by atoms with Crippen LogP contribution in [0.15, 0.2) is 17.0 Å². The Bertz CT molecular complexity index is 624. The van der Waals surface area contributed by atoms with Crippen molar-refractivity contribution in [2.45, 2.75) is 25.3 Å². The van der Waals surface area contributed by atoms with Gasteiger partial charge >= 0.3 is 0 Å². The summed E-state index contributed by atoms with van der Waals surface area (Å²) in [5.74, 6) is 0.684. The maximum absolute atomic E-state index is 12.8. The molecule has 0 saturated carbocycles. The van der Waals surface area contributed by atoms with Crippen LogP contribution in [-0.2, 0) is 16.6 Å². The SMILES string of the molecule is CNCc1cc(Cl)cc(S(=O)(=O)N2CC(C)C(C)C2)c1Cl. The molecular formula is C14H20Cl2N2O2S. The summed E-state index contributed by atoms with van der Waals surface area (Å²) in [5, 5.41) is 3.59. The lowest BCUT2D eigenvalue weighted by atomic mass is 10.0. The summed E-state index contributed by atoms with van der Waals surface area (Å²) in [4.78, 5) is 0.100. The average Bonchev–Trinajstić information content (AvgIpc) is 2.74. The van der Waals surface area contributed by atoms with Gasteiger partial charge in [0.15, 0.2) is 0 Å². The van der Waals surface area contributed by atoms with Gasteiger partial charge < -0.3 is 5.32 Å². The van der Waals surface area contributed by atoms with Crippen LogP contribution in [-0.4, -0.2) is 32.9 Å². The molecule has 1 aliphatic heterocycles. The molecule has 118 valence electrons. The number of rotatable bonds is 4. The normalized spacial score (nSPS) is 23.7. The smallest absolute Gasteiger partial charge is 0.244 e. The van der Waals surface area contributed by atoms with Gasteiger partial charge in [-0.2, -0.15) is 4.31 Å². The summed E-state index contributed by atoms with van der Waals surface area (Å²) in [5.41, 5.74) is 0.686. The molecule has 21 heavy (non-hydrogen) atoms. The first-order valence-corrected chi connectivity index (χ1v) is 9.09. The summed E-state index contributed by atoms with van der Waals surface area (Å²) in [6, 6.07) is 3.13. The zero-order valence-electron chi connectivity index (χ0n) is 12.4. The molecule has 1 heterocycles. The molecule has 0 aliphatic carbocycles. The molecule has 2 unspecified atom stereocenters. The van der Waals surface area contributed by atoms with Crippen molar-refractivity contribution in [1.82, 2.24) is 9.62 Å². The number of hydrogen-bond donors (Lipinski definition) is 1. The van der Waals surface area contributed by atoms with E-state index in [2.05, 4.69) is 19.2 Å². The summed E-state index contributed by atoms with van der Waals surface area (Å²) in [6.45, 7) is 5.63. The molecular weight excluding hydrogens is 331 g/mol. The Morgan fingerprint density at radius 2 is 1.81 bits per heavy atom. The van der Waals surface area contributed by atoms with Crippen LogP contribution in [0.2, 0.25) is 10.0 Å². The molecule has 0 bridgehead atoms. The van der Waals surface area contributed by atoms with Gasteiger partial charge in [0.25, 0.3) is 0 Å². The largest absolute Gasteiger partial charge is 0.316 e. The lowest BCUT2D eigenvalue weighted by molar-refractivity contribution is 0.463. The van der Waals surface area contributed by atoms with Crippen LogP contribution >= 0.6 is 23.2 Å². The Balaban J connectivity index is 2.45. The van der Waals surface area contributed by atoms with Gasteiger partial charge in [-0.1, -0.05) is 37.0 Å². The highest BCUT2D eigenvalue weighted by Gasteiger charge is 2.36. The molecule has 2 atom stereocenters. The summed E-state index contributed by atoms with van der Waals surface area (Å²) in [6.07, 6.45) is 0. The number of benzene rings is 1. The minimum absolute atomic E-state index is 0.100. The predicted octanol–water partition coefficient (Wildman–Crippen LogP) is 2.99. The number of sulfonamides is 1. The predicted molar refractivity (Wildman–Crippen MR) is 86.3 cm³/mol. The first-order valence-electron chi connectivity index (χ1n) is 6.90. The topological polar surface area (TPSA) is 49.4 Å². The van der Waals surface area contributed by atoms with E-state index in [1.165, 1.54) is 10.4 Å². The quantitative estimate of drug-likeness (QED) is 0.907.